The Labute approximate surface area is 395 Å². The quantitative estimate of drug-likeness (QED) is 0.0576. The molecule has 0 aromatic heterocycles. The zero-order valence-electron chi connectivity index (χ0n) is 39.1. The van der Waals surface area contributed by atoms with Crippen LogP contribution in [-0.4, -0.2) is 17.7 Å². The van der Waals surface area contributed by atoms with Crippen molar-refractivity contribution in [3.05, 3.63) is 124 Å². The first-order valence-corrected chi connectivity index (χ1v) is 23.7. The molecule has 4 aromatic carbocycles. The van der Waals surface area contributed by atoms with Crippen LogP contribution in [-0.2, 0) is 0 Å². The Morgan fingerprint density at radius 2 is 0.606 bits per heavy atom. The molecule has 6 heteroatoms. The predicted molar refractivity (Wildman–Crippen MR) is 274 cm³/mol. The average Bonchev–Trinajstić information content (AvgIpc) is 3.33. The molecular formula is C60H63N3O3. The zero-order chi connectivity index (χ0) is 46.9. The second-order valence-electron chi connectivity index (χ2n) is 16.0. The average molecular weight is 874 g/mol. The smallest absolute Gasteiger partial charge is 0.255 e. The molecule has 0 spiro atoms. The van der Waals surface area contributed by atoms with Crippen molar-refractivity contribution >= 4 is 34.8 Å². The molecule has 0 unspecified atom stereocenters. The third-order valence-corrected chi connectivity index (χ3v) is 10.4. The number of hydrogen-bond donors (Lipinski definition) is 3. The van der Waals surface area contributed by atoms with Gasteiger partial charge in [-0.15, -0.1) is 0 Å². The molecule has 3 N–H and O–H groups in total. The molecule has 0 saturated heterocycles. The number of hydrogen-bond acceptors (Lipinski definition) is 3. The highest BCUT2D eigenvalue weighted by molar-refractivity contribution is 6.13. The highest BCUT2D eigenvalue weighted by Gasteiger charge is 2.18. The number of amides is 3. The van der Waals surface area contributed by atoms with E-state index in [0.717, 1.165) is 55.2 Å². The molecule has 0 aliphatic rings. The Balaban J connectivity index is 1.46. The maximum atomic E-state index is 13.7. The lowest BCUT2D eigenvalue weighted by atomic mass is 10.0. The van der Waals surface area contributed by atoms with Gasteiger partial charge >= 0.3 is 0 Å². The van der Waals surface area contributed by atoms with Crippen molar-refractivity contribution in [1.29, 1.82) is 0 Å². The van der Waals surface area contributed by atoms with Gasteiger partial charge in [-0.2, -0.15) is 0 Å². The Kier molecular flexibility index (Phi) is 24.5. The van der Waals surface area contributed by atoms with Crippen molar-refractivity contribution < 1.29 is 14.4 Å². The lowest BCUT2D eigenvalue weighted by molar-refractivity contribution is 0.102. The second-order valence-corrected chi connectivity index (χ2v) is 16.0. The third-order valence-electron chi connectivity index (χ3n) is 10.4. The van der Waals surface area contributed by atoms with E-state index < -0.39 is 17.7 Å². The van der Waals surface area contributed by atoms with Gasteiger partial charge in [0.1, 0.15) is 0 Å². The van der Waals surface area contributed by atoms with E-state index in [9.17, 15) is 14.4 Å². The zero-order valence-corrected chi connectivity index (χ0v) is 39.1. The molecule has 3 amide bonds. The molecular weight excluding hydrogens is 811 g/mol. The number of carbonyl (C=O) groups is 3. The van der Waals surface area contributed by atoms with E-state index in [2.05, 4.69) is 108 Å². The molecule has 4 aromatic rings. The number of nitrogens with one attached hydrogen (secondary N) is 3. The van der Waals surface area contributed by atoms with Gasteiger partial charge in [-0.3, -0.25) is 14.4 Å². The van der Waals surface area contributed by atoms with Gasteiger partial charge in [-0.1, -0.05) is 133 Å². The Hall–Kier alpha value is -7.35. The van der Waals surface area contributed by atoms with E-state index in [1.807, 2.05) is 0 Å². The van der Waals surface area contributed by atoms with Crippen LogP contribution in [0, 0.1) is 71.0 Å². The van der Waals surface area contributed by atoms with Crippen molar-refractivity contribution in [2.24, 2.45) is 0 Å². The molecule has 0 heterocycles. The predicted octanol–water partition coefficient (Wildman–Crippen LogP) is 13.6. The van der Waals surface area contributed by atoms with Crippen LogP contribution < -0.4 is 16.0 Å². The lowest BCUT2D eigenvalue weighted by Crippen LogP contribution is -2.19. The van der Waals surface area contributed by atoms with Crippen molar-refractivity contribution in [2.45, 2.75) is 136 Å². The van der Waals surface area contributed by atoms with Gasteiger partial charge in [-0.05, 0) is 146 Å². The van der Waals surface area contributed by atoms with Gasteiger partial charge in [0.25, 0.3) is 17.7 Å². The van der Waals surface area contributed by atoms with Crippen LogP contribution in [0.2, 0.25) is 0 Å². The fourth-order valence-corrected chi connectivity index (χ4v) is 6.62. The van der Waals surface area contributed by atoms with E-state index in [-0.39, 0.29) is 16.7 Å². The minimum Gasteiger partial charge on any atom is -0.322 e. The van der Waals surface area contributed by atoms with E-state index in [1.165, 1.54) is 95.2 Å². The molecule has 4 rings (SSSR count). The first-order valence-electron chi connectivity index (χ1n) is 23.7. The SMILES string of the molecule is CCCCCCCC#CC#Cc1ccc(NC(=O)c2cc(C(=O)Nc3ccc(C#CC#CCCCCCCC)cc3)cc(C(=O)Nc3ccc(C#CC#CCCCCCCC)cc3)c2)cc1. The molecule has 0 saturated carbocycles. The van der Waals surface area contributed by atoms with Crippen LogP contribution in [0.1, 0.15) is 184 Å². The van der Waals surface area contributed by atoms with Crippen LogP contribution in [0.5, 0.6) is 0 Å². The summed E-state index contributed by atoms with van der Waals surface area (Å²) in [6.45, 7) is 6.61. The molecule has 0 radical (unpaired) electrons. The summed E-state index contributed by atoms with van der Waals surface area (Å²) in [5.41, 5.74) is 4.24. The summed E-state index contributed by atoms with van der Waals surface area (Å²) in [5.74, 6) is 34.5. The minimum atomic E-state index is -0.493. The van der Waals surface area contributed by atoms with Gasteiger partial charge in [0, 0.05) is 69.7 Å². The number of benzene rings is 4. The van der Waals surface area contributed by atoms with E-state index in [4.69, 9.17) is 0 Å². The van der Waals surface area contributed by atoms with Crippen LogP contribution in [0.25, 0.3) is 0 Å². The third kappa shape index (κ3) is 20.9. The molecule has 6 nitrogen and oxygen atoms in total. The fourth-order valence-electron chi connectivity index (χ4n) is 6.62. The number of carbonyl (C=O) groups excluding carboxylic acids is 3. The first kappa shape index (κ1) is 51.3. The summed E-state index contributed by atoms with van der Waals surface area (Å²) in [6.07, 6.45) is 20.5. The Bertz CT molecular complexity index is 2270. The molecule has 0 atom stereocenters. The molecule has 0 aliphatic heterocycles. The molecule has 66 heavy (non-hydrogen) atoms. The lowest BCUT2D eigenvalue weighted by Gasteiger charge is -2.12. The van der Waals surface area contributed by atoms with Crippen molar-refractivity contribution in [3.63, 3.8) is 0 Å². The van der Waals surface area contributed by atoms with Gasteiger partial charge in [0.05, 0.1) is 0 Å². The van der Waals surface area contributed by atoms with Crippen LogP contribution >= 0.6 is 0 Å². The summed E-state index contributed by atoms with van der Waals surface area (Å²) in [5, 5.41) is 8.66. The largest absolute Gasteiger partial charge is 0.322 e. The summed E-state index contributed by atoms with van der Waals surface area (Å²) in [4.78, 5) is 41.2. The van der Waals surface area contributed by atoms with Crippen molar-refractivity contribution in [1.82, 2.24) is 0 Å². The summed E-state index contributed by atoms with van der Waals surface area (Å²) in [7, 11) is 0. The topological polar surface area (TPSA) is 87.3 Å². The maximum Gasteiger partial charge on any atom is 0.255 e. The monoisotopic (exact) mass is 873 g/mol. The molecule has 0 bridgehead atoms. The highest BCUT2D eigenvalue weighted by Crippen LogP contribution is 2.19. The van der Waals surface area contributed by atoms with Crippen molar-refractivity contribution in [2.75, 3.05) is 16.0 Å². The molecule has 336 valence electrons. The van der Waals surface area contributed by atoms with E-state index in [1.54, 1.807) is 72.8 Å². The number of unbranched alkanes of at least 4 members (excludes halogenated alkanes) is 15. The second kappa shape index (κ2) is 31.5. The standard InChI is InChI=1S/C60H63N3O3/c1-4-7-10-13-16-19-22-25-28-31-49-34-40-55(41-35-49)61-58(64)52-46-53(59(65)62-56-42-36-50(37-43-56)32-29-26-23-20-17-14-11-8-5-2)48-54(47-52)60(66)63-57-44-38-51(39-45-57)33-30-27-24-21-18-15-12-9-6-3/h34-48H,4-21H2,1-3H3,(H,61,64)(H,62,65)(H,63,66). The van der Waals surface area contributed by atoms with Crippen LogP contribution in [0.15, 0.2) is 91.0 Å². The fraction of sp³-hybridized carbons (Fsp3) is 0.350. The van der Waals surface area contributed by atoms with Gasteiger partial charge in [-0.25, -0.2) is 0 Å². The number of rotatable bonds is 21. The van der Waals surface area contributed by atoms with Gasteiger partial charge in [0.2, 0.25) is 0 Å². The highest BCUT2D eigenvalue weighted by atomic mass is 16.2. The summed E-state index contributed by atoms with van der Waals surface area (Å²) < 4.78 is 0. The van der Waals surface area contributed by atoms with Crippen LogP contribution in [0.4, 0.5) is 17.1 Å². The van der Waals surface area contributed by atoms with Crippen molar-refractivity contribution in [3.8, 4) is 71.0 Å². The molecule has 0 fully saturated rings. The van der Waals surface area contributed by atoms with E-state index >= 15 is 0 Å². The normalized spacial score (nSPS) is 9.68. The van der Waals surface area contributed by atoms with E-state index in [0.29, 0.717) is 17.1 Å². The Morgan fingerprint density at radius 1 is 0.348 bits per heavy atom. The summed E-state index contributed by atoms with van der Waals surface area (Å²) in [6, 6.07) is 25.7. The molecule has 0 aliphatic carbocycles. The maximum absolute atomic E-state index is 13.7. The first-order chi connectivity index (χ1) is 32.4. The van der Waals surface area contributed by atoms with Crippen LogP contribution in [0.3, 0.4) is 0 Å². The summed E-state index contributed by atoms with van der Waals surface area (Å²) >= 11 is 0. The van der Waals surface area contributed by atoms with Gasteiger partial charge in [0.15, 0.2) is 0 Å². The minimum absolute atomic E-state index is 0.127. The Morgan fingerprint density at radius 3 is 0.864 bits per heavy atom. The number of anilines is 3. The van der Waals surface area contributed by atoms with Gasteiger partial charge < -0.3 is 16.0 Å².